The standard InChI is InChI=1S/C18H28O5/c1-18(2,3)23-17(21)12-16(20)11-15(19)9-10-22-13-14-7-5-4-6-8-14/h4-8,15-16,19-20H,9-13H2,1-3H3/t15-,16-/m1/s1. The Bertz CT molecular complexity index is 452. The first-order valence-electron chi connectivity index (χ1n) is 7.96. The lowest BCUT2D eigenvalue weighted by Gasteiger charge is -2.21. The first-order valence-corrected chi connectivity index (χ1v) is 7.96. The third-order valence-electron chi connectivity index (χ3n) is 3.07. The molecule has 0 aliphatic carbocycles. The molecule has 0 aliphatic heterocycles. The van der Waals surface area contributed by atoms with E-state index < -0.39 is 23.8 Å². The van der Waals surface area contributed by atoms with Crippen LogP contribution in [0.4, 0.5) is 0 Å². The van der Waals surface area contributed by atoms with Crippen LogP contribution in [0.5, 0.6) is 0 Å². The zero-order chi connectivity index (χ0) is 17.3. The van der Waals surface area contributed by atoms with Crippen LogP contribution in [0.25, 0.3) is 0 Å². The first-order chi connectivity index (χ1) is 10.8. The zero-order valence-electron chi connectivity index (χ0n) is 14.2. The van der Waals surface area contributed by atoms with Crippen molar-refractivity contribution in [1.29, 1.82) is 0 Å². The molecule has 0 unspecified atom stereocenters. The molecule has 0 saturated heterocycles. The number of carbonyl (C=O) groups excluding carboxylic acids is 1. The predicted molar refractivity (Wildman–Crippen MR) is 87.8 cm³/mol. The second-order valence-corrected chi connectivity index (χ2v) is 6.66. The molecule has 130 valence electrons. The molecule has 5 nitrogen and oxygen atoms in total. The highest BCUT2D eigenvalue weighted by atomic mass is 16.6. The van der Waals surface area contributed by atoms with Gasteiger partial charge in [-0.3, -0.25) is 4.79 Å². The maximum absolute atomic E-state index is 11.6. The first kappa shape index (κ1) is 19.6. The van der Waals surface area contributed by atoms with E-state index in [0.717, 1.165) is 5.56 Å². The lowest BCUT2D eigenvalue weighted by Crippen LogP contribution is -2.28. The van der Waals surface area contributed by atoms with Crippen LogP contribution in [0, 0.1) is 0 Å². The summed E-state index contributed by atoms with van der Waals surface area (Å²) in [7, 11) is 0. The smallest absolute Gasteiger partial charge is 0.308 e. The molecule has 0 heterocycles. The highest BCUT2D eigenvalue weighted by Crippen LogP contribution is 2.12. The third-order valence-corrected chi connectivity index (χ3v) is 3.07. The number of rotatable bonds is 9. The van der Waals surface area contributed by atoms with E-state index in [2.05, 4.69) is 0 Å². The van der Waals surface area contributed by atoms with E-state index in [-0.39, 0.29) is 12.8 Å². The summed E-state index contributed by atoms with van der Waals surface area (Å²) in [6, 6.07) is 9.78. The molecule has 0 amide bonds. The SMILES string of the molecule is CC(C)(C)OC(=O)C[C@H](O)C[C@H](O)CCOCc1ccccc1. The minimum atomic E-state index is -0.908. The molecule has 0 aromatic heterocycles. The molecule has 0 bridgehead atoms. The number of aliphatic hydroxyl groups is 2. The van der Waals surface area contributed by atoms with Crippen molar-refractivity contribution in [3.63, 3.8) is 0 Å². The molecular weight excluding hydrogens is 296 g/mol. The summed E-state index contributed by atoms with van der Waals surface area (Å²) in [6.45, 7) is 6.21. The lowest BCUT2D eigenvalue weighted by molar-refractivity contribution is -0.157. The van der Waals surface area contributed by atoms with E-state index in [1.54, 1.807) is 20.8 Å². The number of hydrogen-bond acceptors (Lipinski definition) is 5. The minimum absolute atomic E-state index is 0.112. The number of esters is 1. The van der Waals surface area contributed by atoms with E-state index in [9.17, 15) is 15.0 Å². The Morgan fingerprint density at radius 2 is 1.78 bits per heavy atom. The molecule has 0 saturated carbocycles. The predicted octanol–water partition coefficient (Wildman–Crippen LogP) is 2.44. The number of benzene rings is 1. The number of ether oxygens (including phenoxy) is 2. The molecule has 0 fully saturated rings. The zero-order valence-corrected chi connectivity index (χ0v) is 14.2. The van der Waals surface area contributed by atoms with E-state index in [1.165, 1.54) is 0 Å². The van der Waals surface area contributed by atoms with Crippen LogP contribution in [0.1, 0.15) is 45.6 Å². The van der Waals surface area contributed by atoms with Crippen molar-refractivity contribution in [2.75, 3.05) is 6.61 Å². The van der Waals surface area contributed by atoms with Gasteiger partial charge in [-0.1, -0.05) is 30.3 Å². The van der Waals surface area contributed by atoms with Gasteiger partial charge >= 0.3 is 5.97 Å². The van der Waals surface area contributed by atoms with E-state index in [4.69, 9.17) is 9.47 Å². The fourth-order valence-electron chi connectivity index (χ4n) is 2.07. The van der Waals surface area contributed by atoms with Crippen molar-refractivity contribution in [2.45, 2.75) is 64.4 Å². The number of hydrogen-bond donors (Lipinski definition) is 2. The van der Waals surface area contributed by atoms with Crippen LogP contribution < -0.4 is 0 Å². The maximum atomic E-state index is 11.6. The Morgan fingerprint density at radius 3 is 2.39 bits per heavy atom. The van der Waals surface area contributed by atoms with Gasteiger partial charge in [0.2, 0.25) is 0 Å². The molecule has 23 heavy (non-hydrogen) atoms. The normalized spacial score (nSPS) is 14.3. The van der Waals surface area contributed by atoms with Gasteiger partial charge in [-0.15, -0.1) is 0 Å². The van der Waals surface area contributed by atoms with Crippen molar-refractivity contribution in [3.05, 3.63) is 35.9 Å². The van der Waals surface area contributed by atoms with Gasteiger partial charge in [0.25, 0.3) is 0 Å². The van der Waals surface area contributed by atoms with Crippen LogP contribution in [0.15, 0.2) is 30.3 Å². The molecule has 1 aromatic carbocycles. The topological polar surface area (TPSA) is 76.0 Å². The molecule has 2 atom stereocenters. The summed E-state index contributed by atoms with van der Waals surface area (Å²) >= 11 is 0. The average Bonchev–Trinajstić information content (AvgIpc) is 2.42. The maximum Gasteiger partial charge on any atom is 0.308 e. The molecule has 0 aliphatic rings. The summed E-state index contributed by atoms with van der Waals surface area (Å²) in [6.07, 6.45) is -1.18. The fraction of sp³-hybridized carbons (Fsp3) is 0.611. The summed E-state index contributed by atoms with van der Waals surface area (Å²) in [5, 5.41) is 19.7. The molecule has 5 heteroatoms. The summed E-state index contributed by atoms with van der Waals surface area (Å²) in [5.74, 6) is -0.461. The van der Waals surface area contributed by atoms with E-state index >= 15 is 0 Å². The second kappa shape index (κ2) is 9.65. The second-order valence-electron chi connectivity index (χ2n) is 6.66. The van der Waals surface area contributed by atoms with Crippen molar-refractivity contribution < 1.29 is 24.5 Å². The summed E-state index contributed by atoms with van der Waals surface area (Å²) in [5.41, 5.74) is 0.507. The molecule has 1 aromatic rings. The minimum Gasteiger partial charge on any atom is -0.460 e. The quantitative estimate of drug-likeness (QED) is 0.539. The largest absolute Gasteiger partial charge is 0.460 e. The Kier molecular flexibility index (Phi) is 8.23. The molecule has 0 radical (unpaired) electrons. The van der Waals surface area contributed by atoms with Gasteiger partial charge in [0.1, 0.15) is 5.60 Å². The Morgan fingerprint density at radius 1 is 1.13 bits per heavy atom. The number of carbonyl (C=O) groups is 1. The monoisotopic (exact) mass is 324 g/mol. The van der Waals surface area contributed by atoms with E-state index in [1.807, 2.05) is 30.3 Å². The third kappa shape index (κ3) is 10.0. The van der Waals surface area contributed by atoms with Gasteiger partial charge in [0.15, 0.2) is 0 Å². The van der Waals surface area contributed by atoms with Crippen LogP contribution in [0.2, 0.25) is 0 Å². The van der Waals surface area contributed by atoms with Crippen LogP contribution in [0.3, 0.4) is 0 Å². The van der Waals surface area contributed by atoms with Gasteiger partial charge in [0.05, 0.1) is 25.2 Å². The summed E-state index contributed by atoms with van der Waals surface area (Å²) in [4.78, 5) is 11.6. The van der Waals surface area contributed by atoms with Crippen molar-refractivity contribution in [1.82, 2.24) is 0 Å². The van der Waals surface area contributed by atoms with Gasteiger partial charge in [-0.05, 0) is 39.2 Å². The lowest BCUT2D eigenvalue weighted by atomic mass is 10.1. The Hall–Kier alpha value is -1.43. The highest BCUT2D eigenvalue weighted by molar-refractivity contribution is 5.70. The fourth-order valence-corrected chi connectivity index (χ4v) is 2.07. The van der Waals surface area contributed by atoms with E-state index in [0.29, 0.717) is 19.6 Å². The van der Waals surface area contributed by atoms with Crippen molar-refractivity contribution >= 4 is 5.97 Å². The Labute approximate surface area is 138 Å². The van der Waals surface area contributed by atoms with Crippen LogP contribution >= 0.6 is 0 Å². The highest BCUT2D eigenvalue weighted by Gasteiger charge is 2.21. The molecule has 0 spiro atoms. The Balaban J connectivity index is 2.15. The molecular formula is C18H28O5. The van der Waals surface area contributed by atoms with Gasteiger partial charge in [0, 0.05) is 6.61 Å². The molecule has 1 rings (SSSR count). The van der Waals surface area contributed by atoms with Gasteiger partial charge in [-0.2, -0.15) is 0 Å². The van der Waals surface area contributed by atoms with Crippen molar-refractivity contribution in [2.24, 2.45) is 0 Å². The average molecular weight is 324 g/mol. The van der Waals surface area contributed by atoms with Crippen LogP contribution in [-0.4, -0.2) is 40.6 Å². The summed E-state index contributed by atoms with van der Waals surface area (Å²) < 4.78 is 10.6. The molecule has 2 N–H and O–H groups in total. The number of aliphatic hydroxyl groups excluding tert-OH is 2. The van der Waals surface area contributed by atoms with Gasteiger partial charge < -0.3 is 19.7 Å². The van der Waals surface area contributed by atoms with Crippen LogP contribution in [-0.2, 0) is 20.9 Å². The van der Waals surface area contributed by atoms with Crippen molar-refractivity contribution in [3.8, 4) is 0 Å². The van der Waals surface area contributed by atoms with Gasteiger partial charge in [-0.25, -0.2) is 0 Å².